The van der Waals surface area contributed by atoms with Crippen LogP contribution in [0, 0.1) is 0 Å². The average molecular weight is 174 g/mol. The summed E-state index contributed by atoms with van der Waals surface area (Å²) in [6, 6.07) is 0. The lowest BCUT2D eigenvalue weighted by Gasteiger charge is -2.23. The Kier molecular flexibility index (Phi) is 5.09. The monoisotopic (exact) mass is 174 g/mol. The normalized spacial score (nSPS) is 11.7. The molecule has 0 saturated heterocycles. The molecule has 0 aromatic rings. The lowest BCUT2D eigenvalue weighted by Crippen LogP contribution is -2.45. The van der Waals surface area contributed by atoms with Gasteiger partial charge < -0.3 is 0 Å². The van der Waals surface area contributed by atoms with Gasteiger partial charge in [-0.2, -0.15) is 4.84 Å². The zero-order chi connectivity index (χ0) is 9.61. The Labute approximate surface area is 74.9 Å². The summed E-state index contributed by atoms with van der Waals surface area (Å²) in [5.41, 5.74) is 0. The number of rotatable bonds is 5. The fraction of sp³-hybridized carbons (Fsp3) is 0.889. The molecule has 72 valence electrons. The maximum Gasteiger partial charge on any atom is 0.345 e. The van der Waals surface area contributed by atoms with Crippen molar-refractivity contribution < 1.29 is 14.3 Å². The van der Waals surface area contributed by atoms with Crippen LogP contribution in [0.1, 0.15) is 33.1 Å². The maximum atomic E-state index is 11.3. The summed E-state index contributed by atoms with van der Waals surface area (Å²) in [5, 5.41) is 0. The molecule has 0 N–H and O–H groups in total. The highest BCUT2D eigenvalue weighted by Crippen LogP contribution is 2.04. The van der Waals surface area contributed by atoms with Crippen molar-refractivity contribution in [3.63, 3.8) is 0 Å². The molecule has 1 amide bonds. The molecule has 0 spiro atoms. The number of amides is 1. The predicted octanol–water partition coefficient (Wildman–Crippen LogP) is 1.73. The average Bonchev–Trinajstić information content (AvgIpc) is 2.03. The molecule has 0 radical (unpaired) electrons. The van der Waals surface area contributed by atoms with Crippen LogP contribution >= 0.6 is 0 Å². The molecule has 0 atom stereocenters. The molecule has 0 aliphatic heterocycles. The van der Waals surface area contributed by atoms with Crippen LogP contribution in [0.25, 0.3) is 0 Å². The van der Waals surface area contributed by atoms with E-state index >= 15 is 0 Å². The van der Waals surface area contributed by atoms with Gasteiger partial charge in [0.2, 0.25) is 0 Å². The molecule has 3 nitrogen and oxygen atoms in total. The van der Waals surface area contributed by atoms with Crippen molar-refractivity contribution in [1.82, 2.24) is 0 Å². The third-order valence-corrected chi connectivity index (χ3v) is 1.81. The summed E-state index contributed by atoms with van der Waals surface area (Å²) in [4.78, 5) is 16.7. The first-order valence-electron chi connectivity index (χ1n) is 4.56. The topological polar surface area (TPSA) is 26.3 Å². The lowest BCUT2D eigenvalue weighted by atomic mass is 10.4. The highest BCUT2D eigenvalue weighted by Gasteiger charge is 2.25. The van der Waals surface area contributed by atoms with Gasteiger partial charge in [-0.05, 0) is 6.42 Å². The number of hydrogen-bond donors (Lipinski definition) is 0. The van der Waals surface area contributed by atoms with E-state index in [1.54, 1.807) is 14.1 Å². The van der Waals surface area contributed by atoms with E-state index in [-0.39, 0.29) is 10.6 Å². The molecule has 0 aliphatic carbocycles. The molecule has 0 aromatic carbocycles. The molecule has 12 heavy (non-hydrogen) atoms. The van der Waals surface area contributed by atoms with E-state index in [0.717, 1.165) is 12.8 Å². The summed E-state index contributed by atoms with van der Waals surface area (Å²) < 4.78 is 0.0521. The summed E-state index contributed by atoms with van der Waals surface area (Å²) >= 11 is 0. The van der Waals surface area contributed by atoms with Gasteiger partial charge in [-0.15, -0.1) is 4.65 Å². The second kappa shape index (κ2) is 5.27. The molecule has 0 aromatic heterocycles. The number of unbranched alkanes of at least 4 members (excludes halogenated alkanes) is 1. The van der Waals surface area contributed by atoms with Crippen LogP contribution in [-0.2, 0) is 9.63 Å². The Hall–Kier alpha value is -0.410. The molecule has 0 fully saturated rings. The zero-order valence-corrected chi connectivity index (χ0v) is 8.59. The Balaban J connectivity index is 3.78. The number of hydroxylamine groups is 3. The minimum atomic E-state index is 0.0521. The fourth-order valence-electron chi connectivity index (χ4n) is 0.890. The van der Waals surface area contributed by atoms with Crippen LogP contribution in [-0.4, -0.2) is 31.3 Å². The Morgan fingerprint density at radius 2 is 1.92 bits per heavy atom. The zero-order valence-electron chi connectivity index (χ0n) is 8.59. The van der Waals surface area contributed by atoms with Gasteiger partial charge in [-0.25, -0.2) is 4.79 Å². The van der Waals surface area contributed by atoms with Crippen molar-refractivity contribution in [2.24, 2.45) is 0 Å². The van der Waals surface area contributed by atoms with Crippen molar-refractivity contribution in [2.75, 3.05) is 20.7 Å². The third kappa shape index (κ3) is 3.83. The molecule has 0 aliphatic rings. The van der Waals surface area contributed by atoms with E-state index in [0.29, 0.717) is 13.0 Å². The van der Waals surface area contributed by atoms with Crippen molar-refractivity contribution in [3.8, 4) is 0 Å². The second-order valence-electron chi connectivity index (χ2n) is 3.28. The fourth-order valence-corrected chi connectivity index (χ4v) is 0.890. The van der Waals surface area contributed by atoms with Gasteiger partial charge in [-0.3, -0.25) is 0 Å². The Bertz CT molecular complexity index is 143. The van der Waals surface area contributed by atoms with E-state index in [1.807, 2.05) is 6.92 Å². The second-order valence-corrected chi connectivity index (χ2v) is 3.28. The molecular formula is C9H20NO2+. The molecular weight excluding hydrogens is 154 g/mol. The standard InChI is InChI=1S/C9H20NO2/c1-5-7-8-12-10(3,4)9(11)6-2/h5-8H2,1-4H3/q+1. The van der Waals surface area contributed by atoms with Crippen LogP contribution in [0.3, 0.4) is 0 Å². The van der Waals surface area contributed by atoms with Gasteiger partial charge in [-0.1, -0.05) is 20.3 Å². The quantitative estimate of drug-likeness (QED) is 0.360. The van der Waals surface area contributed by atoms with Gasteiger partial charge in [0.15, 0.2) is 0 Å². The summed E-state index contributed by atoms with van der Waals surface area (Å²) in [7, 11) is 3.56. The SMILES string of the molecule is CCCCO[N+](C)(C)C(=O)CC. The summed E-state index contributed by atoms with van der Waals surface area (Å²) in [6.07, 6.45) is 2.64. The van der Waals surface area contributed by atoms with Crippen molar-refractivity contribution in [2.45, 2.75) is 33.1 Å². The van der Waals surface area contributed by atoms with Gasteiger partial charge in [0.1, 0.15) is 20.7 Å². The molecule has 0 bridgehead atoms. The van der Waals surface area contributed by atoms with E-state index < -0.39 is 0 Å². The minimum Gasteiger partial charge on any atom is -0.228 e. The molecule has 0 rings (SSSR count). The van der Waals surface area contributed by atoms with Gasteiger partial charge in [0, 0.05) is 0 Å². The van der Waals surface area contributed by atoms with Crippen LogP contribution in [0.15, 0.2) is 0 Å². The van der Waals surface area contributed by atoms with E-state index in [9.17, 15) is 4.79 Å². The first-order valence-corrected chi connectivity index (χ1v) is 4.56. The summed E-state index contributed by atoms with van der Waals surface area (Å²) in [5.74, 6) is 0.117. The number of hydrogen-bond acceptors (Lipinski definition) is 2. The van der Waals surface area contributed by atoms with Crippen LogP contribution < -0.4 is 0 Å². The molecule has 3 heteroatoms. The van der Waals surface area contributed by atoms with Gasteiger partial charge in [0.25, 0.3) is 0 Å². The maximum absolute atomic E-state index is 11.3. The number of quaternary nitrogens is 1. The van der Waals surface area contributed by atoms with Crippen molar-refractivity contribution in [1.29, 1.82) is 0 Å². The Morgan fingerprint density at radius 1 is 1.33 bits per heavy atom. The number of carbonyl (C=O) groups excluding carboxylic acids is 1. The van der Waals surface area contributed by atoms with Crippen molar-refractivity contribution in [3.05, 3.63) is 0 Å². The third-order valence-electron chi connectivity index (χ3n) is 1.81. The highest BCUT2D eigenvalue weighted by atomic mass is 16.7. The molecule has 0 saturated carbocycles. The first kappa shape index (κ1) is 11.6. The molecule has 0 unspecified atom stereocenters. The van der Waals surface area contributed by atoms with E-state index in [4.69, 9.17) is 4.84 Å². The Morgan fingerprint density at radius 3 is 2.33 bits per heavy atom. The molecule has 0 heterocycles. The minimum absolute atomic E-state index is 0.0521. The number of carbonyl (C=O) groups is 1. The lowest BCUT2D eigenvalue weighted by molar-refractivity contribution is -1.01. The van der Waals surface area contributed by atoms with Crippen molar-refractivity contribution >= 4 is 5.91 Å². The van der Waals surface area contributed by atoms with E-state index in [1.165, 1.54) is 0 Å². The van der Waals surface area contributed by atoms with E-state index in [2.05, 4.69) is 6.92 Å². The first-order chi connectivity index (χ1) is 5.54. The van der Waals surface area contributed by atoms with Gasteiger partial charge in [0.05, 0.1) is 6.42 Å². The highest BCUT2D eigenvalue weighted by molar-refractivity contribution is 5.67. The number of nitrogens with zero attached hydrogens (tertiary/aromatic N) is 1. The van der Waals surface area contributed by atoms with Crippen LogP contribution in [0.2, 0.25) is 0 Å². The van der Waals surface area contributed by atoms with Crippen LogP contribution in [0.5, 0.6) is 0 Å². The smallest absolute Gasteiger partial charge is 0.228 e. The van der Waals surface area contributed by atoms with Gasteiger partial charge >= 0.3 is 5.91 Å². The summed E-state index contributed by atoms with van der Waals surface area (Å²) in [6.45, 7) is 4.62. The predicted molar refractivity (Wildman–Crippen MR) is 48.3 cm³/mol. The van der Waals surface area contributed by atoms with Crippen LogP contribution in [0.4, 0.5) is 0 Å². The largest absolute Gasteiger partial charge is 0.345 e.